The summed E-state index contributed by atoms with van der Waals surface area (Å²) >= 11 is 0. The standard InChI is InChI=1S/C7H13BO4/c1-2-8-11-5-3-7(9)10-4-6(5)12-8/h5-7,9H,2-4H2,1H3/t5-,6+,7+/m0/s1. The van der Waals surface area contributed by atoms with Gasteiger partial charge in [0, 0.05) is 6.42 Å². The molecule has 0 aliphatic carbocycles. The van der Waals surface area contributed by atoms with E-state index in [0.717, 1.165) is 6.32 Å². The maximum Gasteiger partial charge on any atom is 0.457 e. The molecule has 0 bridgehead atoms. The van der Waals surface area contributed by atoms with Crippen LogP contribution in [0.2, 0.25) is 6.32 Å². The Balaban J connectivity index is 1.93. The first-order chi connectivity index (χ1) is 5.79. The zero-order chi connectivity index (χ0) is 8.55. The molecule has 2 fully saturated rings. The molecule has 68 valence electrons. The van der Waals surface area contributed by atoms with Crippen molar-refractivity contribution < 1.29 is 19.2 Å². The van der Waals surface area contributed by atoms with Gasteiger partial charge in [0.1, 0.15) is 0 Å². The Morgan fingerprint density at radius 3 is 2.92 bits per heavy atom. The van der Waals surface area contributed by atoms with Gasteiger partial charge >= 0.3 is 7.12 Å². The van der Waals surface area contributed by atoms with Gasteiger partial charge in [-0.25, -0.2) is 0 Å². The molecule has 0 spiro atoms. The molecule has 0 aromatic rings. The van der Waals surface area contributed by atoms with Crippen molar-refractivity contribution in [1.29, 1.82) is 0 Å². The molecule has 3 atom stereocenters. The average molecular weight is 172 g/mol. The summed E-state index contributed by atoms with van der Waals surface area (Å²) in [6.07, 6.45) is 0.757. The third-order valence-corrected chi connectivity index (χ3v) is 2.29. The van der Waals surface area contributed by atoms with Crippen LogP contribution in [0.4, 0.5) is 0 Å². The molecule has 4 nitrogen and oxygen atoms in total. The Labute approximate surface area is 71.9 Å². The number of hydrogen-bond donors (Lipinski definition) is 1. The number of rotatable bonds is 1. The second kappa shape index (κ2) is 3.34. The summed E-state index contributed by atoms with van der Waals surface area (Å²) in [5.41, 5.74) is 0. The third-order valence-electron chi connectivity index (χ3n) is 2.29. The van der Waals surface area contributed by atoms with E-state index >= 15 is 0 Å². The Bertz CT molecular complexity index is 165. The summed E-state index contributed by atoms with van der Waals surface area (Å²) < 4.78 is 16.1. The van der Waals surface area contributed by atoms with Crippen molar-refractivity contribution in [2.75, 3.05) is 6.61 Å². The fourth-order valence-electron chi connectivity index (χ4n) is 1.62. The van der Waals surface area contributed by atoms with E-state index in [2.05, 4.69) is 0 Å². The summed E-state index contributed by atoms with van der Waals surface area (Å²) in [4.78, 5) is 0. The maximum atomic E-state index is 9.16. The highest BCUT2D eigenvalue weighted by atomic mass is 16.7. The Morgan fingerprint density at radius 2 is 2.17 bits per heavy atom. The van der Waals surface area contributed by atoms with Crippen molar-refractivity contribution in [3.05, 3.63) is 0 Å². The van der Waals surface area contributed by atoms with Crippen LogP contribution in [0, 0.1) is 0 Å². The molecule has 2 saturated heterocycles. The molecule has 0 unspecified atom stereocenters. The van der Waals surface area contributed by atoms with Crippen LogP contribution < -0.4 is 0 Å². The van der Waals surface area contributed by atoms with Crippen LogP contribution in [-0.2, 0) is 14.0 Å². The molecule has 12 heavy (non-hydrogen) atoms. The lowest BCUT2D eigenvalue weighted by Gasteiger charge is -2.27. The molecule has 5 heteroatoms. The number of fused-ring (bicyclic) bond motifs is 1. The minimum Gasteiger partial charge on any atom is -0.405 e. The van der Waals surface area contributed by atoms with Gasteiger partial charge in [-0.1, -0.05) is 6.92 Å². The Hall–Kier alpha value is -0.0951. The molecular formula is C7H13BO4. The van der Waals surface area contributed by atoms with Gasteiger partial charge in [-0.3, -0.25) is 0 Å². The summed E-state index contributed by atoms with van der Waals surface area (Å²) in [5.74, 6) is 0. The molecule has 0 amide bonds. The van der Waals surface area contributed by atoms with Gasteiger partial charge in [-0.05, 0) is 6.32 Å². The van der Waals surface area contributed by atoms with Crippen LogP contribution in [0.3, 0.4) is 0 Å². The van der Waals surface area contributed by atoms with Crippen LogP contribution in [0.15, 0.2) is 0 Å². The molecule has 0 aromatic heterocycles. The first-order valence-corrected chi connectivity index (χ1v) is 4.40. The lowest BCUT2D eigenvalue weighted by Crippen LogP contribution is -2.39. The van der Waals surface area contributed by atoms with Gasteiger partial charge in [0.15, 0.2) is 6.29 Å². The quantitative estimate of drug-likeness (QED) is 0.566. The van der Waals surface area contributed by atoms with Gasteiger partial charge in [0.2, 0.25) is 0 Å². The maximum absolute atomic E-state index is 9.16. The van der Waals surface area contributed by atoms with Crippen molar-refractivity contribution in [1.82, 2.24) is 0 Å². The van der Waals surface area contributed by atoms with Crippen molar-refractivity contribution in [2.45, 2.75) is 38.2 Å². The smallest absolute Gasteiger partial charge is 0.405 e. The second-order valence-corrected chi connectivity index (χ2v) is 3.21. The minimum absolute atomic E-state index is 0.0262. The number of hydrogen-bond acceptors (Lipinski definition) is 4. The highest BCUT2D eigenvalue weighted by Gasteiger charge is 2.42. The lowest BCUT2D eigenvalue weighted by molar-refractivity contribution is -0.166. The SMILES string of the molecule is CCB1O[C@H]2C[C@H](O)OC[C@H]2O1. The molecule has 2 aliphatic heterocycles. The summed E-state index contributed by atoms with van der Waals surface area (Å²) in [6, 6.07) is 0. The minimum atomic E-state index is -0.676. The van der Waals surface area contributed by atoms with Gasteiger partial charge in [-0.2, -0.15) is 0 Å². The van der Waals surface area contributed by atoms with Crippen molar-refractivity contribution in [2.24, 2.45) is 0 Å². The highest BCUT2D eigenvalue weighted by Crippen LogP contribution is 2.26. The van der Waals surface area contributed by atoms with E-state index in [4.69, 9.17) is 19.2 Å². The fraction of sp³-hybridized carbons (Fsp3) is 1.00. The van der Waals surface area contributed by atoms with Crippen molar-refractivity contribution in [3.63, 3.8) is 0 Å². The number of aliphatic hydroxyl groups is 1. The van der Waals surface area contributed by atoms with Crippen molar-refractivity contribution in [3.8, 4) is 0 Å². The molecule has 0 radical (unpaired) electrons. The lowest BCUT2D eigenvalue weighted by atomic mass is 9.87. The van der Waals surface area contributed by atoms with Gasteiger partial charge in [0.25, 0.3) is 0 Å². The number of aliphatic hydroxyl groups excluding tert-OH is 1. The van der Waals surface area contributed by atoms with Crippen LogP contribution in [0.1, 0.15) is 13.3 Å². The second-order valence-electron chi connectivity index (χ2n) is 3.21. The predicted octanol–water partition coefficient (Wildman–Crippen LogP) is 0.0172. The largest absolute Gasteiger partial charge is 0.457 e. The third kappa shape index (κ3) is 1.50. The molecule has 0 aromatic carbocycles. The summed E-state index contributed by atoms with van der Waals surface area (Å²) in [5, 5.41) is 9.16. The average Bonchev–Trinajstić information content (AvgIpc) is 2.46. The molecule has 0 saturated carbocycles. The predicted molar refractivity (Wildman–Crippen MR) is 42.6 cm³/mol. The molecular weight excluding hydrogens is 159 g/mol. The van der Waals surface area contributed by atoms with Gasteiger partial charge < -0.3 is 19.2 Å². The van der Waals surface area contributed by atoms with Gasteiger partial charge in [0.05, 0.1) is 18.8 Å². The molecule has 2 rings (SSSR count). The Morgan fingerprint density at radius 1 is 1.42 bits per heavy atom. The summed E-state index contributed by atoms with van der Waals surface area (Å²) in [7, 11) is -0.103. The fourth-order valence-corrected chi connectivity index (χ4v) is 1.62. The zero-order valence-corrected chi connectivity index (χ0v) is 7.10. The van der Waals surface area contributed by atoms with Crippen molar-refractivity contribution >= 4 is 7.12 Å². The zero-order valence-electron chi connectivity index (χ0n) is 7.10. The van der Waals surface area contributed by atoms with E-state index in [9.17, 15) is 0 Å². The topological polar surface area (TPSA) is 47.9 Å². The first kappa shape index (κ1) is 8.50. The van der Waals surface area contributed by atoms with Crippen LogP contribution in [0.5, 0.6) is 0 Å². The monoisotopic (exact) mass is 172 g/mol. The van der Waals surface area contributed by atoms with Crippen LogP contribution in [0.25, 0.3) is 0 Å². The highest BCUT2D eigenvalue weighted by molar-refractivity contribution is 6.45. The van der Waals surface area contributed by atoms with Crippen LogP contribution >= 0.6 is 0 Å². The Kier molecular flexibility index (Phi) is 2.36. The van der Waals surface area contributed by atoms with E-state index in [1.54, 1.807) is 0 Å². The first-order valence-electron chi connectivity index (χ1n) is 4.40. The molecule has 2 aliphatic rings. The molecule has 2 heterocycles. The number of ether oxygens (including phenoxy) is 1. The van der Waals surface area contributed by atoms with Crippen LogP contribution in [-0.4, -0.2) is 37.3 Å². The van der Waals surface area contributed by atoms with E-state index < -0.39 is 6.29 Å². The normalized spacial score (nSPS) is 41.5. The van der Waals surface area contributed by atoms with E-state index in [0.29, 0.717) is 13.0 Å². The van der Waals surface area contributed by atoms with Gasteiger partial charge in [-0.15, -0.1) is 0 Å². The summed E-state index contributed by atoms with van der Waals surface area (Å²) in [6.45, 7) is 2.46. The molecule has 1 N–H and O–H groups in total. The van der Waals surface area contributed by atoms with E-state index in [1.807, 2.05) is 6.92 Å². The van der Waals surface area contributed by atoms with E-state index in [1.165, 1.54) is 0 Å². The van der Waals surface area contributed by atoms with E-state index in [-0.39, 0.29) is 19.3 Å².